The van der Waals surface area contributed by atoms with Crippen LogP contribution in [0.1, 0.15) is 23.9 Å². The number of carbonyl (C=O) groups is 1. The second kappa shape index (κ2) is 8.34. The molecule has 3 rings (SSSR count). The molecule has 0 saturated heterocycles. The van der Waals surface area contributed by atoms with Crippen LogP contribution in [0.2, 0.25) is 0 Å². The molecule has 0 aliphatic heterocycles. The Balaban J connectivity index is 1.80. The molecular formula is C21H25N3O4S. The largest absolute Gasteiger partial charge is 0.457 e. The van der Waals surface area contributed by atoms with Gasteiger partial charge in [-0.15, -0.1) is 0 Å². The SMILES string of the molecule is CCn1c(COC(=O)Cc2ccc(C)cc2)nc2cc(S(=O)(=O)N(C)C)ccc21. The minimum absolute atomic E-state index is 0.0307. The summed E-state index contributed by atoms with van der Waals surface area (Å²) in [7, 11) is -0.565. The lowest BCUT2D eigenvalue weighted by molar-refractivity contribution is -0.144. The first kappa shape index (κ1) is 21.0. The van der Waals surface area contributed by atoms with E-state index < -0.39 is 10.0 Å². The number of imidazole rings is 1. The van der Waals surface area contributed by atoms with Crippen molar-refractivity contribution in [3.8, 4) is 0 Å². The van der Waals surface area contributed by atoms with Crippen molar-refractivity contribution >= 4 is 27.0 Å². The second-order valence-electron chi connectivity index (χ2n) is 7.03. The van der Waals surface area contributed by atoms with Crippen LogP contribution in [0.25, 0.3) is 11.0 Å². The van der Waals surface area contributed by atoms with Crippen LogP contribution in [0.15, 0.2) is 47.4 Å². The Morgan fingerprint density at radius 1 is 1.14 bits per heavy atom. The molecule has 0 radical (unpaired) electrons. The first-order valence-electron chi connectivity index (χ1n) is 9.35. The standard InChI is InChI=1S/C21H25N3O4S/c1-5-24-19-11-10-17(29(26,27)23(3)4)13-18(19)22-20(24)14-28-21(25)12-16-8-6-15(2)7-9-16/h6-11,13H,5,12,14H2,1-4H3. The third-order valence-electron chi connectivity index (χ3n) is 4.72. The van der Waals surface area contributed by atoms with Crippen molar-refractivity contribution in [2.75, 3.05) is 14.1 Å². The number of rotatable bonds is 7. The maximum absolute atomic E-state index is 12.4. The van der Waals surface area contributed by atoms with Crippen LogP contribution in [0, 0.1) is 6.92 Å². The van der Waals surface area contributed by atoms with E-state index in [4.69, 9.17) is 4.74 Å². The van der Waals surface area contributed by atoms with Crippen molar-refractivity contribution < 1.29 is 17.9 Å². The highest BCUT2D eigenvalue weighted by Gasteiger charge is 2.20. The number of nitrogens with zero attached hydrogens (tertiary/aromatic N) is 3. The number of fused-ring (bicyclic) bond motifs is 1. The highest BCUT2D eigenvalue weighted by molar-refractivity contribution is 7.89. The van der Waals surface area contributed by atoms with Crippen molar-refractivity contribution in [3.05, 3.63) is 59.4 Å². The van der Waals surface area contributed by atoms with Gasteiger partial charge in [0.15, 0.2) is 0 Å². The molecule has 1 heterocycles. The summed E-state index contributed by atoms with van der Waals surface area (Å²) in [5.74, 6) is 0.249. The van der Waals surface area contributed by atoms with Crippen LogP contribution in [-0.2, 0) is 39.1 Å². The molecule has 2 aromatic carbocycles. The number of aromatic nitrogens is 2. The van der Waals surface area contributed by atoms with Gasteiger partial charge in [0.25, 0.3) is 0 Å². The average Bonchev–Trinajstić information content (AvgIpc) is 3.04. The third kappa shape index (κ3) is 4.49. The highest BCUT2D eigenvalue weighted by Crippen LogP contribution is 2.22. The van der Waals surface area contributed by atoms with Crippen LogP contribution in [0.3, 0.4) is 0 Å². The zero-order valence-electron chi connectivity index (χ0n) is 17.0. The van der Waals surface area contributed by atoms with Gasteiger partial charge in [0.2, 0.25) is 10.0 Å². The molecule has 0 N–H and O–H groups in total. The highest BCUT2D eigenvalue weighted by atomic mass is 32.2. The normalized spacial score (nSPS) is 11.9. The smallest absolute Gasteiger partial charge is 0.310 e. The Kier molecular flexibility index (Phi) is 6.04. The number of carbonyl (C=O) groups excluding carboxylic acids is 1. The Morgan fingerprint density at radius 2 is 1.83 bits per heavy atom. The molecular weight excluding hydrogens is 390 g/mol. The summed E-state index contributed by atoms with van der Waals surface area (Å²) in [6, 6.07) is 12.6. The van der Waals surface area contributed by atoms with Gasteiger partial charge >= 0.3 is 5.97 Å². The summed E-state index contributed by atoms with van der Waals surface area (Å²) in [5, 5.41) is 0. The average molecular weight is 416 g/mol. The summed E-state index contributed by atoms with van der Waals surface area (Å²) < 4.78 is 33.2. The van der Waals surface area contributed by atoms with Gasteiger partial charge in [-0.05, 0) is 37.6 Å². The van der Waals surface area contributed by atoms with E-state index in [2.05, 4.69) is 4.98 Å². The number of benzene rings is 2. The van der Waals surface area contributed by atoms with E-state index >= 15 is 0 Å². The van der Waals surface area contributed by atoms with Gasteiger partial charge in [0.05, 0.1) is 22.3 Å². The summed E-state index contributed by atoms with van der Waals surface area (Å²) in [6.45, 7) is 4.61. The van der Waals surface area contributed by atoms with E-state index in [0.717, 1.165) is 16.6 Å². The van der Waals surface area contributed by atoms with Crippen molar-refractivity contribution in [2.24, 2.45) is 0 Å². The minimum atomic E-state index is -3.54. The predicted molar refractivity (Wildman–Crippen MR) is 111 cm³/mol. The molecule has 0 aliphatic rings. The third-order valence-corrected chi connectivity index (χ3v) is 6.54. The molecule has 1 aromatic heterocycles. The predicted octanol–water partition coefficient (Wildman–Crippen LogP) is 2.90. The summed E-state index contributed by atoms with van der Waals surface area (Å²) in [4.78, 5) is 16.9. The van der Waals surface area contributed by atoms with Crippen molar-refractivity contribution in [2.45, 2.75) is 38.3 Å². The molecule has 154 valence electrons. The number of sulfonamides is 1. The minimum Gasteiger partial charge on any atom is -0.457 e. The molecule has 0 fully saturated rings. The van der Waals surface area contributed by atoms with E-state index in [-0.39, 0.29) is 23.9 Å². The fourth-order valence-corrected chi connectivity index (χ4v) is 3.98. The number of esters is 1. The molecule has 0 bridgehead atoms. The summed E-state index contributed by atoms with van der Waals surface area (Å²) in [5.41, 5.74) is 3.38. The second-order valence-corrected chi connectivity index (χ2v) is 9.19. The number of hydrogen-bond donors (Lipinski definition) is 0. The summed E-state index contributed by atoms with van der Waals surface area (Å²) in [6.07, 6.45) is 0.192. The van der Waals surface area contributed by atoms with Gasteiger partial charge in [-0.1, -0.05) is 29.8 Å². The van der Waals surface area contributed by atoms with Crippen LogP contribution in [0.4, 0.5) is 0 Å². The lowest BCUT2D eigenvalue weighted by Gasteiger charge is -2.11. The molecule has 0 saturated carbocycles. The van der Waals surface area contributed by atoms with E-state index in [1.165, 1.54) is 18.4 Å². The lowest BCUT2D eigenvalue weighted by atomic mass is 10.1. The van der Waals surface area contributed by atoms with Crippen molar-refractivity contribution in [3.63, 3.8) is 0 Å². The molecule has 0 unspecified atom stereocenters. The molecule has 0 aliphatic carbocycles. The first-order valence-corrected chi connectivity index (χ1v) is 10.8. The molecule has 0 amide bonds. The number of hydrogen-bond acceptors (Lipinski definition) is 5. The Labute approximate surface area is 171 Å². The zero-order chi connectivity index (χ0) is 21.2. The monoisotopic (exact) mass is 415 g/mol. The van der Waals surface area contributed by atoms with Gasteiger partial charge < -0.3 is 9.30 Å². The maximum Gasteiger partial charge on any atom is 0.310 e. The Bertz CT molecular complexity index is 1130. The quantitative estimate of drug-likeness (QED) is 0.554. The number of aryl methyl sites for hydroxylation is 2. The van der Waals surface area contributed by atoms with Gasteiger partial charge in [-0.25, -0.2) is 17.7 Å². The lowest BCUT2D eigenvalue weighted by Crippen LogP contribution is -2.22. The van der Waals surface area contributed by atoms with Gasteiger partial charge in [0.1, 0.15) is 12.4 Å². The fourth-order valence-electron chi connectivity index (χ4n) is 3.06. The van der Waals surface area contributed by atoms with Crippen LogP contribution in [0.5, 0.6) is 0 Å². The van der Waals surface area contributed by atoms with Gasteiger partial charge in [0, 0.05) is 20.6 Å². The van der Waals surface area contributed by atoms with Crippen LogP contribution in [-0.4, -0.2) is 42.3 Å². The van der Waals surface area contributed by atoms with E-state index in [0.29, 0.717) is 17.9 Å². The summed E-state index contributed by atoms with van der Waals surface area (Å²) >= 11 is 0. The molecule has 7 nitrogen and oxygen atoms in total. The first-order chi connectivity index (χ1) is 13.7. The van der Waals surface area contributed by atoms with Crippen molar-refractivity contribution in [1.82, 2.24) is 13.9 Å². The van der Waals surface area contributed by atoms with E-state index in [1.807, 2.05) is 42.7 Å². The van der Waals surface area contributed by atoms with Gasteiger partial charge in [-0.2, -0.15) is 0 Å². The molecule has 3 aromatic rings. The van der Waals surface area contributed by atoms with Crippen molar-refractivity contribution in [1.29, 1.82) is 0 Å². The van der Waals surface area contributed by atoms with E-state index in [1.54, 1.807) is 18.2 Å². The molecule has 0 atom stereocenters. The molecule has 0 spiro atoms. The van der Waals surface area contributed by atoms with E-state index in [9.17, 15) is 13.2 Å². The van der Waals surface area contributed by atoms with Gasteiger partial charge in [-0.3, -0.25) is 4.79 Å². The Morgan fingerprint density at radius 3 is 2.45 bits per heavy atom. The number of ether oxygens (including phenoxy) is 1. The maximum atomic E-state index is 12.4. The fraction of sp³-hybridized carbons (Fsp3) is 0.333. The molecule has 29 heavy (non-hydrogen) atoms. The topological polar surface area (TPSA) is 81.5 Å². The molecule has 8 heteroatoms. The van der Waals surface area contributed by atoms with Crippen LogP contribution < -0.4 is 0 Å². The van der Waals surface area contributed by atoms with Crippen LogP contribution >= 0.6 is 0 Å². The Hall–Kier alpha value is -2.71. The zero-order valence-corrected chi connectivity index (χ0v) is 17.9.